The summed E-state index contributed by atoms with van der Waals surface area (Å²) in [6.07, 6.45) is 0. The number of sulfonamides is 1. The van der Waals surface area contributed by atoms with E-state index in [0.29, 0.717) is 11.4 Å². The molecule has 0 aliphatic rings. The van der Waals surface area contributed by atoms with E-state index in [1.165, 1.54) is 50.6 Å². The zero-order valence-electron chi connectivity index (χ0n) is 17.3. The first-order valence-electron chi connectivity index (χ1n) is 9.34. The number of halogens is 1. The van der Waals surface area contributed by atoms with Gasteiger partial charge in [0.2, 0.25) is 0 Å². The van der Waals surface area contributed by atoms with Gasteiger partial charge < -0.3 is 19.5 Å². The Labute approximate surface area is 185 Å². The third-order valence-electron chi connectivity index (χ3n) is 4.29. The van der Waals surface area contributed by atoms with E-state index in [1.807, 2.05) is 0 Å². The highest BCUT2D eigenvalue weighted by molar-refractivity contribution is 7.92. The molecular formula is C22H21FN2O6S. The Balaban J connectivity index is 1.75. The smallest absolute Gasteiger partial charge is 0.262 e. The van der Waals surface area contributed by atoms with Crippen LogP contribution < -0.4 is 24.2 Å². The lowest BCUT2D eigenvalue weighted by Crippen LogP contribution is -2.21. The number of methoxy groups -OCH3 is 2. The van der Waals surface area contributed by atoms with Gasteiger partial charge in [0, 0.05) is 5.69 Å². The number of hydrogen-bond acceptors (Lipinski definition) is 6. The predicted octanol–water partition coefficient (Wildman–Crippen LogP) is 3.66. The molecule has 0 unspecified atom stereocenters. The summed E-state index contributed by atoms with van der Waals surface area (Å²) in [5, 5.41) is 2.52. The van der Waals surface area contributed by atoms with E-state index in [4.69, 9.17) is 14.2 Å². The van der Waals surface area contributed by atoms with Gasteiger partial charge in [-0.3, -0.25) is 9.52 Å². The minimum Gasteiger partial charge on any atom is -0.497 e. The molecule has 0 spiro atoms. The molecule has 1 amide bonds. The number of anilines is 2. The minimum absolute atomic E-state index is 0.0744. The van der Waals surface area contributed by atoms with E-state index in [9.17, 15) is 17.6 Å². The first-order chi connectivity index (χ1) is 15.3. The molecule has 32 heavy (non-hydrogen) atoms. The maximum absolute atomic E-state index is 13.6. The van der Waals surface area contributed by atoms with Gasteiger partial charge in [-0.25, -0.2) is 12.8 Å². The van der Waals surface area contributed by atoms with Gasteiger partial charge in [0.25, 0.3) is 15.9 Å². The van der Waals surface area contributed by atoms with Crippen molar-refractivity contribution >= 4 is 27.3 Å². The number of carbonyl (C=O) groups is 1. The van der Waals surface area contributed by atoms with Crippen LogP contribution in [0, 0.1) is 5.82 Å². The van der Waals surface area contributed by atoms with E-state index in [2.05, 4.69) is 10.0 Å². The molecule has 10 heteroatoms. The first-order valence-corrected chi connectivity index (χ1v) is 10.8. The van der Waals surface area contributed by atoms with Gasteiger partial charge in [-0.15, -0.1) is 0 Å². The van der Waals surface area contributed by atoms with Gasteiger partial charge in [-0.2, -0.15) is 0 Å². The maximum atomic E-state index is 13.6. The molecule has 3 rings (SSSR count). The number of hydrogen-bond donors (Lipinski definition) is 2. The predicted molar refractivity (Wildman–Crippen MR) is 117 cm³/mol. The summed E-state index contributed by atoms with van der Waals surface area (Å²) in [6.45, 7) is -0.481. The van der Waals surface area contributed by atoms with Gasteiger partial charge in [-0.1, -0.05) is 12.1 Å². The number of ether oxygens (including phenoxy) is 3. The Morgan fingerprint density at radius 1 is 0.938 bits per heavy atom. The Morgan fingerprint density at radius 3 is 2.31 bits per heavy atom. The second-order valence-electron chi connectivity index (χ2n) is 6.46. The fourth-order valence-electron chi connectivity index (χ4n) is 2.72. The van der Waals surface area contributed by atoms with E-state index in [0.717, 1.165) is 0 Å². The molecule has 0 heterocycles. The molecule has 0 radical (unpaired) electrons. The SMILES string of the molecule is COc1ccc(NS(=O)(=O)c2ccc(OC)c(NC(=O)COc3ccccc3F)c2)cc1. The largest absolute Gasteiger partial charge is 0.497 e. The van der Waals surface area contributed by atoms with Crippen molar-refractivity contribution in [3.8, 4) is 17.2 Å². The lowest BCUT2D eigenvalue weighted by molar-refractivity contribution is -0.118. The highest BCUT2D eigenvalue weighted by Gasteiger charge is 2.18. The van der Waals surface area contributed by atoms with Crippen LogP contribution in [-0.4, -0.2) is 35.2 Å². The maximum Gasteiger partial charge on any atom is 0.262 e. The van der Waals surface area contributed by atoms with Crippen molar-refractivity contribution in [1.82, 2.24) is 0 Å². The molecule has 3 aromatic rings. The molecule has 168 valence electrons. The zero-order chi connectivity index (χ0) is 23.1. The third-order valence-corrected chi connectivity index (χ3v) is 5.67. The van der Waals surface area contributed by atoms with Crippen molar-refractivity contribution < 1.29 is 31.8 Å². The van der Waals surface area contributed by atoms with Crippen LogP contribution in [-0.2, 0) is 14.8 Å². The van der Waals surface area contributed by atoms with Crippen LogP contribution in [0.25, 0.3) is 0 Å². The van der Waals surface area contributed by atoms with Crippen molar-refractivity contribution in [3.63, 3.8) is 0 Å². The van der Waals surface area contributed by atoms with Gasteiger partial charge in [-0.05, 0) is 54.6 Å². The highest BCUT2D eigenvalue weighted by Crippen LogP contribution is 2.29. The summed E-state index contributed by atoms with van der Waals surface area (Å²) in [6, 6.07) is 16.0. The van der Waals surface area contributed by atoms with Gasteiger partial charge in [0.05, 0.1) is 24.8 Å². The lowest BCUT2D eigenvalue weighted by Gasteiger charge is -2.14. The standard InChI is InChI=1S/C22H21FN2O6S/c1-29-16-9-7-15(8-10-16)25-32(27,28)17-11-12-21(30-2)19(13-17)24-22(26)14-31-20-6-4-3-5-18(20)23/h3-13,25H,14H2,1-2H3,(H,24,26). The summed E-state index contributed by atoms with van der Waals surface area (Å²) in [5.41, 5.74) is 0.456. The fourth-order valence-corrected chi connectivity index (χ4v) is 3.80. The molecule has 2 N–H and O–H groups in total. The molecule has 0 fully saturated rings. The van der Waals surface area contributed by atoms with Crippen LogP contribution in [0.4, 0.5) is 15.8 Å². The van der Waals surface area contributed by atoms with Crippen molar-refractivity contribution in [2.75, 3.05) is 30.9 Å². The Kier molecular flexibility index (Phi) is 7.16. The van der Waals surface area contributed by atoms with Crippen molar-refractivity contribution in [2.45, 2.75) is 4.90 Å². The van der Waals surface area contributed by atoms with E-state index in [-0.39, 0.29) is 22.1 Å². The lowest BCUT2D eigenvalue weighted by atomic mass is 10.3. The van der Waals surface area contributed by atoms with Crippen LogP contribution in [0.2, 0.25) is 0 Å². The molecule has 8 nitrogen and oxygen atoms in total. The van der Waals surface area contributed by atoms with Gasteiger partial charge >= 0.3 is 0 Å². The van der Waals surface area contributed by atoms with Crippen molar-refractivity contribution in [3.05, 3.63) is 72.5 Å². The average molecular weight is 460 g/mol. The van der Waals surface area contributed by atoms with Crippen LogP contribution in [0.3, 0.4) is 0 Å². The molecule has 3 aromatic carbocycles. The number of carbonyl (C=O) groups excluding carboxylic acids is 1. The molecule has 0 saturated heterocycles. The normalized spacial score (nSPS) is 10.8. The second kappa shape index (κ2) is 10.0. The molecule has 0 saturated carbocycles. The first kappa shape index (κ1) is 22.9. The number of rotatable bonds is 9. The van der Waals surface area contributed by atoms with Crippen LogP contribution in [0.1, 0.15) is 0 Å². The monoisotopic (exact) mass is 460 g/mol. The summed E-state index contributed by atoms with van der Waals surface area (Å²) >= 11 is 0. The van der Waals surface area contributed by atoms with E-state index < -0.39 is 28.4 Å². The topological polar surface area (TPSA) is 103 Å². The quantitative estimate of drug-likeness (QED) is 0.505. The molecule has 0 atom stereocenters. The fraction of sp³-hybridized carbons (Fsp3) is 0.136. The summed E-state index contributed by atoms with van der Waals surface area (Å²) in [5.74, 6) is -0.470. The van der Waals surface area contributed by atoms with Crippen LogP contribution in [0.5, 0.6) is 17.2 Å². The van der Waals surface area contributed by atoms with Gasteiger partial charge in [0.15, 0.2) is 18.2 Å². The Morgan fingerprint density at radius 2 is 1.66 bits per heavy atom. The van der Waals surface area contributed by atoms with Crippen LogP contribution in [0.15, 0.2) is 71.6 Å². The molecular weight excluding hydrogens is 439 g/mol. The minimum atomic E-state index is -3.96. The second-order valence-corrected chi connectivity index (χ2v) is 8.15. The molecule has 0 bridgehead atoms. The Bertz CT molecular complexity index is 1200. The number of para-hydroxylation sites is 1. The van der Waals surface area contributed by atoms with Crippen LogP contribution >= 0.6 is 0 Å². The molecule has 0 aliphatic heterocycles. The molecule has 0 aliphatic carbocycles. The number of benzene rings is 3. The number of amides is 1. The van der Waals surface area contributed by atoms with Crippen molar-refractivity contribution in [2.24, 2.45) is 0 Å². The van der Waals surface area contributed by atoms with E-state index >= 15 is 0 Å². The third kappa shape index (κ3) is 5.67. The average Bonchev–Trinajstić information content (AvgIpc) is 2.79. The highest BCUT2D eigenvalue weighted by atomic mass is 32.2. The van der Waals surface area contributed by atoms with E-state index in [1.54, 1.807) is 30.3 Å². The summed E-state index contributed by atoms with van der Waals surface area (Å²) < 4.78 is 57.1. The molecule has 0 aromatic heterocycles. The summed E-state index contributed by atoms with van der Waals surface area (Å²) in [4.78, 5) is 12.2. The zero-order valence-corrected chi connectivity index (χ0v) is 18.1. The van der Waals surface area contributed by atoms with Crippen molar-refractivity contribution in [1.29, 1.82) is 0 Å². The Hall–Kier alpha value is -3.79. The van der Waals surface area contributed by atoms with Gasteiger partial charge in [0.1, 0.15) is 11.5 Å². The number of nitrogens with one attached hydrogen (secondary N) is 2. The summed E-state index contributed by atoms with van der Waals surface area (Å²) in [7, 11) is -1.07.